The fourth-order valence-electron chi connectivity index (χ4n) is 1.95. The highest BCUT2D eigenvalue weighted by Crippen LogP contribution is 2.23. The minimum atomic E-state index is -3.58. The molecule has 0 aliphatic rings. The molecule has 0 aliphatic heterocycles. The molecule has 1 aromatic carbocycles. The standard InChI is InChI=1S/C14H23FN2O2S/c1-4-10-16-11-12(3)20(18,19)17(5-2)14-9-7-6-8-13(14)15/h6-9,12,16H,4-5,10-11H2,1-3H3. The van der Waals surface area contributed by atoms with Crippen molar-refractivity contribution in [2.45, 2.75) is 32.4 Å². The number of nitrogens with zero attached hydrogens (tertiary/aromatic N) is 1. The maximum absolute atomic E-state index is 13.8. The van der Waals surface area contributed by atoms with Crippen LogP contribution in [0.2, 0.25) is 0 Å². The van der Waals surface area contributed by atoms with E-state index in [1.807, 2.05) is 6.92 Å². The number of rotatable bonds is 8. The molecule has 0 heterocycles. The molecule has 1 N–H and O–H groups in total. The average Bonchev–Trinajstić information content (AvgIpc) is 2.41. The van der Waals surface area contributed by atoms with Crippen molar-refractivity contribution in [3.05, 3.63) is 30.1 Å². The van der Waals surface area contributed by atoms with Crippen LogP contribution in [0.25, 0.3) is 0 Å². The number of nitrogens with one attached hydrogen (secondary N) is 1. The van der Waals surface area contributed by atoms with Gasteiger partial charge < -0.3 is 5.32 Å². The molecule has 0 aliphatic carbocycles. The van der Waals surface area contributed by atoms with Crippen LogP contribution in [0, 0.1) is 5.82 Å². The van der Waals surface area contributed by atoms with E-state index >= 15 is 0 Å². The molecule has 6 heteroatoms. The predicted octanol–water partition coefficient (Wildman–Crippen LogP) is 2.37. The van der Waals surface area contributed by atoms with Gasteiger partial charge in [-0.15, -0.1) is 0 Å². The quantitative estimate of drug-likeness (QED) is 0.750. The average molecular weight is 302 g/mol. The van der Waals surface area contributed by atoms with E-state index in [1.54, 1.807) is 26.0 Å². The SMILES string of the molecule is CCCNCC(C)S(=O)(=O)N(CC)c1ccccc1F. The molecule has 1 rings (SSSR count). The van der Waals surface area contributed by atoms with Gasteiger partial charge in [0.15, 0.2) is 0 Å². The lowest BCUT2D eigenvalue weighted by Crippen LogP contribution is -2.42. The molecule has 0 spiro atoms. The number of anilines is 1. The van der Waals surface area contributed by atoms with Crippen molar-refractivity contribution in [3.8, 4) is 0 Å². The van der Waals surface area contributed by atoms with E-state index < -0.39 is 21.1 Å². The van der Waals surface area contributed by atoms with Crippen LogP contribution < -0.4 is 9.62 Å². The largest absolute Gasteiger partial charge is 0.315 e. The van der Waals surface area contributed by atoms with Crippen molar-refractivity contribution in [1.29, 1.82) is 0 Å². The third kappa shape index (κ3) is 3.93. The van der Waals surface area contributed by atoms with Crippen LogP contribution in [-0.2, 0) is 10.0 Å². The van der Waals surface area contributed by atoms with Crippen molar-refractivity contribution in [2.75, 3.05) is 23.9 Å². The van der Waals surface area contributed by atoms with E-state index in [1.165, 1.54) is 12.1 Å². The van der Waals surface area contributed by atoms with Crippen LogP contribution >= 0.6 is 0 Å². The van der Waals surface area contributed by atoms with Gasteiger partial charge in [-0.3, -0.25) is 4.31 Å². The summed E-state index contributed by atoms with van der Waals surface area (Å²) < 4.78 is 40.0. The zero-order valence-electron chi connectivity index (χ0n) is 12.3. The van der Waals surface area contributed by atoms with Crippen molar-refractivity contribution < 1.29 is 12.8 Å². The fraction of sp³-hybridized carbons (Fsp3) is 0.571. The summed E-state index contributed by atoms with van der Waals surface area (Å²) in [6.07, 6.45) is 0.942. The van der Waals surface area contributed by atoms with E-state index in [2.05, 4.69) is 5.32 Å². The smallest absolute Gasteiger partial charge is 0.239 e. The van der Waals surface area contributed by atoms with Gasteiger partial charge in [-0.25, -0.2) is 12.8 Å². The van der Waals surface area contributed by atoms with E-state index in [9.17, 15) is 12.8 Å². The molecule has 0 radical (unpaired) electrons. The number of hydrogen-bond acceptors (Lipinski definition) is 3. The van der Waals surface area contributed by atoms with Crippen LogP contribution in [0.15, 0.2) is 24.3 Å². The molecule has 1 unspecified atom stereocenters. The lowest BCUT2D eigenvalue weighted by molar-refractivity contribution is 0.563. The maximum Gasteiger partial charge on any atom is 0.239 e. The predicted molar refractivity (Wildman–Crippen MR) is 81.0 cm³/mol. The Balaban J connectivity index is 2.96. The molecule has 4 nitrogen and oxygen atoms in total. The van der Waals surface area contributed by atoms with Crippen molar-refractivity contribution in [3.63, 3.8) is 0 Å². The number of halogens is 1. The summed E-state index contributed by atoms with van der Waals surface area (Å²) in [4.78, 5) is 0. The van der Waals surface area contributed by atoms with Gasteiger partial charge in [0.1, 0.15) is 5.82 Å². The summed E-state index contributed by atoms with van der Waals surface area (Å²) in [6, 6.07) is 5.94. The topological polar surface area (TPSA) is 49.4 Å². The van der Waals surface area contributed by atoms with Crippen LogP contribution in [0.3, 0.4) is 0 Å². The van der Waals surface area contributed by atoms with Gasteiger partial charge in [-0.2, -0.15) is 0 Å². The molecule has 1 atom stereocenters. The first-order valence-corrected chi connectivity index (χ1v) is 8.42. The number of benzene rings is 1. The van der Waals surface area contributed by atoms with Gasteiger partial charge in [0.25, 0.3) is 0 Å². The third-order valence-corrected chi connectivity index (χ3v) is 5.34. The summed E-state index contributed by atoms with van der Waals surface area (Å²) >= 11 is 0. The van der Waals surface area contributed by atoms with Gasteiger partial charge in [0.2, 0.25) is 10.0 Å². The normalized spacial score (nSPS) is 13.2. The Labute approximate surface area is 121 Å². The third-order valence-electron chi connectivity index (χ3n) is 3.08. The maximum atomic E-state index is 13.8. The summed E-state index contributed by atoms with van der Waals surface area (Å²) in [5, 5.41) is 2.48. The fourth-order valence-corrected chi connectivity index (χ4v) is 3.49. The molecule has 0 saturated carbocycles. The molecule has 0 aromatic heterocycles. The van der Waals surface area contributed by atoms with Crippen LogP contribution in [0.4, 0.5) is 10.1 Å². The van der Waals surface area contributed by atoms with Gasteiger partial charge in [-0.1, -0.05) is 19.1 Å². The number of hydrogen-bond donors (Lipinski definition) is 1. The Morgan fingerprint density at radius 3 is 2.50 bits per heavy atom. The lowest BCUT2D eigenvalue weighted by Gasteiger charge is -2.27. The summed E-state index contributed by atoms with van der Waals surface area (Å²) in [5.74, 6) is -0.522. The van der Waals surface area contributed by atoms with Crippen LogP contribution in [0.1, 0.15) is 27.2 Å². The Kier molecular flexibility index (Phi) is 6.42. The van der Waals surface area contributed by atoms with Gasteiger partial charge in [0.05, 0.1) is 10.9 Å². The van der Waals surface area contributed by atoms with Gasteiger partial charge in [-0.05, 0) is 38.9 Å². The van der Waals surface area contributed by atoms with E-state index in [0.29, 0.717) is 6.54 Å². The second kappa shape index (κ2) is 7.59. The molecule has 0 saturated heterocycles. The second-order valence-corrected chi connectivity index (χ2v) is 6.95. The summed E-state index contributed by atoms with van der Waals surface area (Å²) in [6.45, 7) is 6.70. The Hall–Kier alpha value is -1.14. The minimum Gasteiger partial charge on any atom is -0.315 e. The molecular weight excluding hydrogens is 279 g/mol. The van der Waals surface area contributed by atoms with Crippen LogP contribution in [0.5, 0.6) is 0 Å². The minimum absolute atomic E-state index is 0.109. The number of para-hydroxylation sites is 1. The molecule has 1 aromatic rings. The Morgan fingerprint density at radius 2 is 1.95 bits per heavy atom. The Morgan fingerprint density at radius 1 is 1.30 bits per heavy atom. The van der Waals surface area contributed by atoms with E-state index in [0.717, 1.165) is 17.3 Å². The highest BCUT2D eigenvalue weighted by Gasteiger charge is 2.29. The number of sulfonamides is 1. The highest BCUT2D eigenvalue weighted by atomic mass is 32.2. The first kappa shape index (κ1) is 16.9. The van der Waals surface area contributed by atoms with E-state index in [-0.39, 0.29) is 12.2 Å². The van der Waals surface area contributed by atoms with Crippen molar-refractivity contribution in [1.82, 2.24) is 5.32 Å². The molecule has 114 valence electrons. The van der Waals surface area contributed by atoms with E-state index in [4.69, 9.17) is 0 Å². The second-order valence-electron chi connectivity index (χ2n) is 4.68. The first-order valence-electron chi connectivity index (χ1n) is 6.91. The van der Waals surface area contributed by atoms with Gasteiger partial charge >= 0.3 is 0 Å². The Bertz CT molecular complexity index is 520. The highest BCUT2D eigenvalue weighted by molar-refractivity contribution is 7.93. The van der Waals surface area contributed by atoms with Crippen molar-refractivity contribution in [2.24, 2.45) is 0 Å². The molecular formula is C14H23FN2O2S. The molecule has 20 heavy (non-hydrogen) atoms. The lowest BCUT2D eigenvalue weighted by atomic mass is 10.3. The molecule has 0 fully saturated rings. The van der Waals surface area contributed by atoms with Gasteiger partial charge in [0, 0.05) is 13.1 Å². The molecule has 0 bridgehead atoms. The van der Waals surface area contributed by atoms with Crippen molar-refractivity contribution >= 4 is 15.7 Å². The first-order chi connectivity index (χ1) is 9.45. The zero-order valence-corrected chi connectivity index (χ0v) is 13.1. The summed E-state index contributed by atoms with van der Waals surface area (Å²) in [7, 11) is -3.58. The zero-order chi connectivity index (χ0) is 15.2. The summed E-state index contributed by atoms with van der Waals surface area (Å²) in [5.41, 5.74) is 0.109. The molecule has 0 amide bonds. The monoisotopic (exact) mass is 302 g/mol. The van der Waals surface area contributed by atoms with Crippen LogP contribution in [-0.4, -0.2) is 33.3 Å².